The van der Waals surface area contributed by atoms with E-state index in [-0.39, 0.29) is 90.6 Å². The molecule has 0 bridgehead atoms. The molecular formula is C46H62N4O13. The number of nitrogens with two attached hydrogens (primary N) is 1. The zero-order chi connectivity index (χ0) is 45.9. The summed E-state index contributed by atoms with van der Waals surface area (Å²) >= 11 is 0. The van der Waals surface area contributed by atoms with Crippen LogP contribution in [0.1, 0.15) is 76.0 Å². The van der Waals surface area contributed by atoms with E-state index in [0.717, 1.165) is 16.7 Å². The number of aliphatic hydroxyl groups is 1. The quantitative estimate of drug-likeness (QED) is 0.0292. The Kier molecular flexibility index (Phi) is 23.6. The van der Waals surface area contributed by atoms with Crippen molar-refractivity contribution in [2.45, 2.75) is 109 Å². The first-order valence-corrected chi connectivity index (χ1v) is 20.9. The Hall–Kier alpha value is -5.72. The van der Waals surface area contributed by atoms with Gasteiger partial charge in [-0.25, -0.2) is 0 Å². The third kappa shape index (κ3) is 23.3. The molecule has 3 aromatic carbocycles. The van der Waals surface area contributed by atoms with Crippen molar-refractivity contribution >= 4 is 35.6 Å². The maximum atomic E-state index is 13.8. The minimum absolute atomic E-state index is 0.00216. The molecule has 0 radical (unpaired) electrons. The van der Waals surface area contributed by atoms with E-state index in [9.17, 15) is 33.9 Å². The first-order valence-electron chi connectivity index (χ1n) is 20.9. The van der Waals surface area contributed by atoms with E-state index in [1.54, 1.807) is 45.0 Å². The number of benzene rings is 3. The van der Waals surface area contributed by atoms with Gasteiger partial charge in [0.15, 0.2) is 6.29 Å². The van der Waals surface area contributed by atoms with Gasteiger partial charge in [0, 0.05) is 25.8 Å². The Morgan fingerprint density at radius 3 is 1.71 bits per heavy atom. The summed E-state index contributed by atoms with van der Waals surface area (Å²) < 4.78 is 32.6. The van der Waals surface area contributed by atoms with Gasteiger partial charge in [-0.2, -0.15) is 0 Å². The molecule has 17 nitrogen and oxygen atoms in total. The van der Waals surface area contributed by atoms with Crippen molar-refractivity contribution in [2.24, 2.45) is 5.73 Å². The minimum atomic E-state index is -1.57. The minimum Gasteiger partial charge on any atom is -0.461 e. The number of hydrogen-bond acceptors (Lipinski definition) is 14. The van der Waals surface area contributed by atoms with Crippen LogP contribution in [0.25, 0.3) is 0 Å². The summed E-state index contributed by atoms with van der Waals surface area (Å²) in [5, 5.41) is 19.1. The molecule has 4 atom stereocenters. The maximum Gasteiger partial charge on any atom is 0.323 e. The zero-order valence-electron chi connectivity index (χ0n) is 36.3. The summed E-state index contributed by atoms with van der Waals surface area (Å²) in [5.74, 6) is -3.49. The topological polar surface area (TPSA) is 240 Å². The fourth-order valence-corrected chi connectivity index (χ4v) is 5.62. The number of carbonyl (C=O) groups excluding carboxylic acids is 6. The lowest BCUT2D eigenvalue weighted by atomic mass is 10.1. The van der Waals surface area contributed by atoms with Gasteiger partial charge in [0.2, 0.25) is 17.7 Å². The van der Waals surface area contributed by atoms with Crippen LogP contribution in [0, 0.1) is 0 Å². The van der Waals surface area contributed by atoms with Gasteiger partial charge < -0.3 is 55.2 Å². The molecule has 0 spiro atoms. The normalized spacial score (nSPS) is 13.1. The second kappa shape index (κ2) is 28.8. The third-order valence-electron chi connectivity index (χ3n) is 8.93. The summed E-state index contributed by atoms with van der Waals surface area (Å²) in [4.78, 5) is 76.5. The van der Waals surface area contributed by atoms with E-state index in [4.69, 9.17) is 34.2 Å². The number of amides is 3. The Balaban J connectivity index is 1.52. The van der Waals surface area contributed by atoms with E-state index in [1.165, 1.54) is 0 Å². The first-order chi connectivity index (χ1) is 30.2. The van der Waals surface area contributed by atoms with Crippen LogP contribution in [0.4, 0.5) is 0 Å². The van der Waals surface area contributed by atoms with Crippen LogP contribution in [0.2, 0.25) is 0 Å². The molecule has 3 amide bonds. The van der Waals surface area contributed by atoms with E-state index in [0.29, 0.717) is 0 Å². The van der Waals surface area contributed by atoms with Crippen LogP contribution in [0.15, 0.2) is 91.0 Å². The molecule has 344 valence electrons. The van der Waals surface area contributed by atoms with Gasteiger partial charge in [-0.15, -0.1) is 0 Å². The summed E-state index contributed by atoms with van der Waals surface area (Å²) in [6.45, 7) is 5.21. The van der Waals surface area contributed by atoms with E-state index >= 15 is 0 Å². The lowest BCUT2D eigenvalue weighted by Gasteiger charge is -2.27. The van der Waals surface area contributed by atoms with Crippen molar-refractivity contribution in [1.29, 1.82) is 0 Å². The van der Waals surface area contributed by atoms with Gasteiger partial charge in [-0.05, 0) is 56.7 Å². The molecule has 17 heteroatoms. The number of hydrogen-bond donors (Lipinski definition) is 5. The fraction of sp³-hybridized carbons (Fsp3) is 0.478. The molecule has 3 aromatic rings. The molecule has 4 unspecified atom stereocenters. The van der Waals surface area contributed by atoms with Crippen LogP contribution in [0.5, 0.6) is 0 Å². The van der Waals surface area contributed by atoms with Crippen LogP contribution >= 0.6 is 0 Å². The number of ether oxygens (including phenoxy) is 6. The van der Waals surface area contributed by atoms with Crippen molar-refractivity contribution in [3.8, 4) is 0 Å². The highest BCUT2D eigenvalue weighted by molar-refractivity contribution is 5.88. The average Bonchev–Trinajstić information content (AvgIpc) is 3.27. The number of esters is 3. The van der Waals surface area contributed by atoms with E-state index in [1.807, 2.05) is 66.7 Å². The molecule has 0 aliphatic carbocycles. The van der Waals surface area contributed by atoms with Crippen molar-refractivity contribution in [2.75, 3.05) is 33.0 Å². The van der Waals surface area contributed by atoms with Gasteiger partial charge in [-0.1, -0.05) is 91.0 Å². The SMILES string of the molecule is CC(C)(C)OC(=O)C(N)CCC(=O)NCCOCCOCC(=O)NC(CCC(=O)OCc1ccccc1)C(=O)NC(CCC(=O)OCc1ccccc1)C(O)OCc1ccccc1. The molecule has 63 heavy (non-hydrogen) atoms. The zero-order valence-corrected chi connectivity index (χ0v) is 36.3. The molecule has 3 rings (SSSR count). The summed E-state index contributed by atoms with van der Waals surface area (Å²) in [7, 11) is 0. The second-order valence-corrected chi connectivity index (χ2v) is 15.5. The van der Waals surface area contributed by atoms with Crippen molar-refractivity contribution < 1.29 is 62.3 Å². The van der Waals surface area contributed by atoms with Crippen molar-refractivity contribution in [1.82, 2.24) is 16.0 Å². The number of aliphatic hydroxyl groups excluding tert-OH is 1. The number of rotatable bonds is 29. The highest BCUT2D eigenvalue weighted by atomic mass is 16.6. The monoisotopic (exact) mass is 878 g/mol. The molecule has 0 saturated carbocycles. The van der Waals surface area contributed by atoms with Gasteiger partial charge in [0.05, 0.1) is 32.5 Å². The number of nitrogens with one attached hydrogen (secondary N) is 3. The lowest BCUT2D eigenvalue weighted by Crippen LogP contribution is -2.53. The Morgan fingerprint density at radius 1 is 0.635 bits per heavy atom. The Labute approximate surface area is 368 Å². The van der Waals surface area contributed by atoms with Crippen LogP contribution < -0.4 is 21.7 Å². The van der Waals surface area contributed by atoms with Crippen molar-refractivity contribution in [3.63, 3.8) is 0 Å². The van der Waals surface area contributed by atoms with Crippen LogP contribution in [0.3, 0.4) is 0 Å². The molecule has 0 heterocycles. The van der Waals surface area contributed by atoms with Gasteiger partial charge in [0.25, 0.3) is 0 Å². The molecule has 0 aliphatic rings. The standard InChI is InChI=1S/C46H62N4O13/c1-46(2,3)63-44(56)36(47)19-22-39(51)48-25-26-58-27-28-59-32-40(52)49-37(20-23-41(53)60-29-33-13-7-4-8-14-33)43(55)50-38(45(57)62-31-35-17-11-6-12-18-35)21-24-42(54)61-30-34-15-9-5-10-16-34/h4-18,36-38,45,57H,19-32,47H2,1-3H3,(H,48,51)(H,49,52)(H,50,55). The molecule has 0 aromatic heterocycles. The lowest BCUT2D eigenvalue weighted by molar-refractivity contribution is -0.156. The Morgan fingerprint density at radius 2 is 1.16 bits per heavy atom. The highest BCUT2D eigenvalue weighted by Gasteiger charge is 2.29. The van der Waals surface area contributed by atoms with E-state index < -0.39 is 66.3 Å². The summed E-state index contributed by atoms with van der Waals surface area (Å²) in [5.41, 5.74) is 7.46. The second-order valence-electron chi connectivity index (χ2n) is 15.5. The summed E-state index contributed by atoms with van der Waals surface area (Å²) in [6.07, 6.45) is -2.09. The van der Waals surface area contributed by atoms with Gasteiger partial charge >= 0.3 is 17.9 Å². The van der Waals surface area contributed by atoms with Crippen molar-refractivity contribution in [3.05, 3.63) is 108 Å². The Bertz CT molecular complexity index is 1830. The largest absolute Gasteiger partial charge is 0.461 e. The van der Waals surface area contributed by atoms with Gasteiger partial charge in [-0.3, -0.25) is 28.8 Å². The number of carbonyl (C=O) groups is 6. The average molecular weight is 879 g/mol. The smallest absolute Gasteiger partial charge is 0.323 e. The first kappa shape index (κ1) is 51.6. The van der Waals surface area contributed by atoms with Gasteiger partial charge in [0.1, 0.15) is 37.5 Å². The van der Waals surface area contributed by atoms with E-state index in [2.05, 4.69) is 16.0 Å². The molecule has 6 N–H and O–H groups in total. The molecule has 0 aliphatic heterocycles. The maximum absolute atomic E-state index is 13.8. The predicted octanol–water partition coefficient (Wildman–Crippen LogP) is 3.14. The molecule has 0 fully saturated rings. The van der Waals surface area contributed by atoms with Crippen LogP contribution in [-0.4, -0.2) is 104 Å². The molecular weight excluding hydrogens is 817 g/mol. The fourth-order valence-electron chi connectivity index (χ4n) is 5.62. The highest BCUT2D eigenvalue weighted by Crippen LogP contribution is 2.13. The molecule has 0 saturated heterocycles. The predicted molar refractivity (Wildman–Crippen MR) is 230 cm³/mol. The third-order valence-corrected chi connectivity index (χ3v) is 8.93. The van der Waals surface area contributed by atoms with Crippen LogP contribution in [-0.2, 0) is 77.0 Å². The summed E-state index contributed by atoms with van der Waals surface area (Å²) in [6, 6.07) is 23.9.